The summed E-state index contributed by atoms with van der Waals surface area (Å²) in [5, 5.41) is -0.290. The van der Waals surface area contributed by atoms with Crippen LogP contribution in [0.4, 0.5) is 0 Å². The van der Waals surface area contributed by atoms with Gasteiger partial charge in [0.1, 0.15) is 24.6 Å². The normalized spacial score (nSPS) is 29.7. The van der Waals surface area contributed by atoms with Crippen LogP contribution in [0.1, 0.15) is 19.4 Å². The zero-order chi connectivity index (χ0) is 18.9. The molecule has 7 nitrogen and oxygen atoms in total. The number of thioether (sulfide) groups is 1. The molecular weight excluding hydrogens is 358 g/mol. The fourth-order valence-corrected chi connectivity index (χ4v) is 4.94. The highest BCUT2D eigenvalue weighted by molar-refractivity contribution is 8.01. The van der Waals surface area contributed by atoms with Crippen LogP contribution in [0.5, 0.6) is 0 Å². The van der Waals surface area contributed by atoms with Gasteiger partial charge in [-0.1, -0.05) is 30.3 Å². The maximum Gasteiger partial charge on any atom is 0.330 e. The molecule has 2 fully saturated rings. The number of β-lactam (4-membered cyclic amide) rings is 1. The van der Waals surface area contributed by atoms with Gasteiger partial charge in [0.2, 0.25) is 0 Å². The van der Waals surface area contributed by atoms with Crippen LogP contribution in [0.3, 0.4) is 0 Å². The second-order valence-electron chi connectivity index (χ2n) is 6.50. The Morgan fingerprint density at radius 3 is 2.54 bits per heavy atom. The minimum Gasteiger partial charge on any atom is -0.464 e. The lowest BCUT2D eigenvalue weighted by molar-refractivity contribution is -0.176. The Bertz CT molecular complexity index is 711. The van der Waals surface area contributed by atoms with Gasteiger partial charge in [0.05, 0.1) is 4.75 Å². The van der Waals surface area contributed by atoms with Crippen LogP contribution in [0.15, 0.2) is 30.3 Å². The van der Waals surface area contributed by atoms with E-state index < -0.39 is 28.8 Å². The second-order valence-corrected chi connectivity index (χ2v) is 8.15. The molecule has 2 aliphatic rings. The van der Waals surface area contributed by atoms with Crippen molar-refractivity contribution >= 4 is 29.6 Å². The molecule has 4 atom stereocenters. The van der Waals surface area contributed by atoms with Crippen molar-refractivity contribution in [3.8, 4) is 0 Å². The van der Waals surface area contributed by atoms with Crippen molar-refractivity contribution in [2.24, 2.45) is 0 Å². The van der Waals surface area contributed by atoms with Gasteiger partial charge < -0.3 is 19.1 Å². The lowest BCUT2D eigenvalue weighted by atomic mass is 9.96. The number of methoxy groups -OCH3 is 1. The van der Waals surface area contributed by atoms with Gasteiger partial charge in [-0.05, 0) is 12.5 Å². The summed E-state index contributed by atoms with van der Waals surface area (Å²) in [7, 11) is 1.46. The van der Waals surface area contributed by atoms with Gasteiger partial charge in [-0.2, -0.15) is 0 Å². The second kappa shape index (κ2) is 7.28. The molecule has 1 unspecified atom stereocenters. The smallest absolute Gasteiger partial charge is 0.330 e. The molecule has 2 aliphatic heterocycles. The van der Waals surface area contributed by atoms with Gasteiger partial charge in [-0.25, -0.2) is 4.79 Å². The van der Waals surface area contributed by atoms with Crippen molar-refractivity contribution in [1.82, 2.24) is 4.90 Å². The Morgan fingerprint density at radius 1 is 1.23 bits per heavy atom. The first-order chi connectivity index (χ1) is 12.4. The number of rotatable bonds is 6. The van der Waals surface area contributed by atoms with Crippen molar-refractivity contribution in [3.05, 3.63) is 35.9 Å². The Kier molecular flexibility index (Phi) is 5.24. The highest BCUT2D eigenvalue weighted by Gasteiger charge is 2.66. The van der Waals surface area contributed by atoms with Crippen molar-refractivity contribution in [3.63, 3.8) is 0 Å². The number of amides is 1. The molecular formula is C18H21NO6S. The molecule has 0 spiro atoms. The lowest BCUT2D eigenvalue weighted by Gasteiger charge is -2.42. The van der Waals surface area contributed by atoms with E-state index in [1.807, 2.05) is 30.3 Å². The number of carbonyl (C=O) groups excluding carboxylic acids is 3. The third-order valence-corrected chi connectivity index (χ3v) is 6.14. The summed E-state index contributed by atoms with van der Waals surface area (Å²) in [5.74, 6) is -1.20. The highest BCUT2D eigenvalue weighted by Crippen LogP contribution is 2.52. The van der Waals surface area contributed by atoms with E-state index in [0.29, 0.717) is 0 Å². The van der Waals surface area contributed by atoms with Crippen LogP contribution in [-0.2, 0) is 35.2 Å². The van der Waals surface area contributed by atoms with E-state index >= 15 is 0 Å². The number of fused-ring (bicyclic) bond motifs is 1. The summed E-state index contributed by atoms with van der Waals surface area (Å²) < 4.78 is 15.0. The Labute approximate surface area is 156 Å². The third-order valence-electron chi connectivity index (χ3n) is 4.54. The van der Waals surface area contributed by atoms with Gasteiger partial charge in [0, 0.05) is 14.0 Å². The molecule has 0 aliphatic carbocycles. The van der Waals surface area contributed by atoms with E-state index in [1.165, 1.54) is 30.7 Å². The fourth-order valence-electron chi connectivity index (χ4n) is 3.23. The molecule has 1 amide bonds. The topological polar surface area (TPSA) is 82.1 Å². The number of ether oxygens (including phenoxy) is 3. The molecule has 8 heteroatoms. The summed E-state index contributed by atoms with van der Waals surface area (Å²) in [6.07, 6.45) is -0.594. The standard InChI is InChI=1S/C18H21NO6S/c1-11(20)25-10-18(2)14(19-15(21)13(23-3)16(19)26-18)17(22)24-9-12-7-5-4-6-8-12/h4-8,13-14,16H,9-10H2,1-3H3/t13-,14-,16+,18?/m0/s1. The number of benzene rings is 1. The van der Waals surface area contributed by atoms with E-state index in [0.717, 1.165) is 5.56 Å². The SMILES string of the molecule is CO[C@H]1C(=O)N2[C@@H]1SC(C)(COC(C)=O)[C@@H]2C(=O)OCc1ccccc1. The Morgan fingerprint density at radius 2 is 1.92 bits per heavy atom. The predicted octanol–water partition coefficient (Wildman–Crippen LogP) is 1.35. The summed E-state index contributed by atoms with van der Waals surface area (Å²) in [6, 6.07) is 8.47. The summed E-state index contributed by atoms with van der Waals surface area (Å²) in [5.41, 5.74) is 0.856. The van der Waals surface area contributed by atoms with Crippen molar-refractivity contribution in [2.45, 2.75) is 42.7 Å². The monoisotopic (exact) mass is 379 g/mol. The van der Waals surface area contributed by atoms with E-state index in [9.17, 15) is 14.4 Å². The highest BCUT2D eigenvalue weighted by atomic mass is 32.2. The molecule has 0 saturated carbocycles. The minimum atomic E-state index is -0.834. The van der Waals surface area contributed by atoms with Crippen LogP contribution in [0.2, 0.25) is 0 Å². The minimum absolute atomic E-state index is 0.00875. The zero-order valence-electron chi connectivity index (χ0n) is 14.8. The van der Waals surface area contributed by atoms with E-state index in [1.54, 1.807) is 6.92 Å². The Hall–Kier alpha value is -2.06. The van der Waals surface area contributed by atoms with Crippen molar-refractivity contribution < 1.29 is 28.6 Å². The maximum atomic E-state index is 12.8. The quantitative estimate of drug-likeness (QED) is 0.545. The van der Waals surface area contributed by atoms with Gasteiger partial charge in [0.25, 0.3) is 5.91 Å². The van der Waals surface area contributed by atoms with Gasteiger partial charge >= 0.3 is 11.9 Å². The van der Waals surface area contributed by atoms with Gasteiger partial charge in [-0.3, -0.25) is 9.59 Å². The first-order valence-corrected chi connectivity index (χ1v) is 9.12. The molecule has 0 radical (unpaired) electrons. The zero-order valence-corrected chi connectivity index (χ0v) is 15.7. The molecule has 3 rings (SSSR count). The van der Waals surface area contributed by atoms with E-state index in [-0.39, 0.29) is 24.5 Å². The molecule has 1 aromatic rings. The van der Waals surface area contributed by atoms with Gasteiger partial charge in [0.15, 0.2) is 6.10 Å². The summed E-state index contributed by atoms with van der Waals surface area (Å²) in [4.78, 5) is 37.9. The van der Waals surface area contributed by atoms with Crippen molar-refractivity contribution in [2.75, 3.05) is 13.7 Å². The average molecular weight is 379 g/mol. The molecule has 1 aromatic carbocycles. The van der Waals surface area contributed by atoms with Crippen LogP contribution < -0.4 is 0 Å². The number of esters is 2. The number of carbonyl (C=O) groups is 3. The first kappa shape index (κ1) is 18.7. The maximum absolute atomic E-state index is 12.8. The van der Waals surface area contributed by atoms with Crippen LogP contribution in [0, 0.1) is 0 Å². The predicted molar refractivity (Wildman–Crippen MR) is 94.1 cm³/mol. The molecule has 2 heterocycles. The first-order valence-electron chi connectivity index (χ1n) is 8.24. The van der Waals surface area contributed by atoms with Crippen LogP contribution >= 0.6 is 11.8 Å². The van der Waals surface area contributed by atoms with E-state index in [2.05, 4.69) is 0 Å². The molecule has 0 bridgehead atoms. The average Bonchev–Trinajstić information content (AvgIpc) is 2.89. The fraction of sp³-hybridized carbons (Fsp3) is 0.500. The summed E-state index contributed by atoms with van der Waals surface area (Å²) >= 11 is 1.40. The molecule has 0 aromatic heterocycles. The van der Waals surface area contributed by atoms with Crippen molar-refractivity contribution in [1.29, 1.82) is 0 Å². The molecule has 26 heavy (non-hydrogen) atoms. The number of nitrogens with zero attached hydrogens (tertiary/aromatic N) is 1. The number of hydrogen-bond donors (Lipinski definition) is 0. The molecule has 0 N–H and O–H groups in total. The number of hydrogen-bond acceptors (Lipinski definition) is 7. The van der Waals surface area contributed by atoms with Crippen LogP contribution in [-0.4, -0.2) is 58.7 Å². The van der Waals surface area contributed by atoms with Gasteiger partial charge in [-0.15, -0.1) is 11.8 Å². The third kappa shape index (κ3) is 3.31. The Balaban J connectivity index is 1.76. The molecule has 140 valence electrons. The van der Waals surface area contributed by atoms with Crippen LogP contribution in [0.25, 0.3) is 0 Å². The van der Waals surface area contributed by atoms with E-state index in [4.69, 9.17) is 14.2 Å². The largest absolute Gasteiger partial charge is 0.464 e. The molecule has 2 saturated heterocycles. The lowest BCUT2D eigenvalue weighted by Crippen LogP contribution is -2.66. The summed E-state index contributed by atoms with van der Waals surface area (Å²) in [6.45, 7) is 3.23.